The van der Waals surface area contributed by atoms with Crippen molar-refractivity contribution in [3.8, 4) is 22.5 Å². The van der Waals surface area contributed by atoms with Crippen LogP contribution in [0.5, 0.6) is 0 Å². The van der Waals surface area contributed by atoms with E-state index < -0.39 is 10.0 Å². The van der Waals surface area contributed by atoms with Gasteiger partial charge in [-0.2, -0.15) is 0 Å². The number of hydrogen-bond acceptors (Lipinski definition) is 5. The second kappa shape index (κ2) is 10.6. The van der Waals surface area contributed by atoms with E-state index >= 15 is 0 Å². The molecule has 4 aromatic rings. The summed E-state index contributed by atoms with van der Waals surface area (Å²) < 4.78 is 31.8. The van der Waals surface area contributed by atoms with Crippen LogP contribution in [0.1, 0.15) is 22.3 Å². The molecule has 0 spiro atoms. The van der Waals surface area contributed by atoms with Crippen molar-refractivity contribution >= 4 is 38.1 Å². The average Bonchev–Trinajstić information content (AvgIpc) is 2.94. The van der Waals surface area contributed by atoms with Crippen LogP contribution in [-0.4, -0.2) is 8.42 Å². The molecule has 0 saturated heterocycles. The summed E-state index contributed by atoms with van der Waals surface area (Å²) in [4.78, 5) is 4.93. The number of hydrogen-bond donors (Lipinski definition) is 2. The molecule has 3 N–H and O–H groups in total. The Balaban J connectivity index is 1.61. The van der Waals surface area contributed by atoms with Crippen LogP contribution in [0.2, 0.25) is 0 Å². The monoisotopic (exact) mass is 573 g/mol. The van der Waals surface area contributed by atoms with Crippen molar-refractivity contribution in [2.75, 3.05) is 5.32 Å². The van der Waals surface area contributed by atoms with E-state index in [0.717, 1.165) is 50.1 Å². The molecule has 2 aliphatic rings. The van der Waals surface area contributed by atoms with Gasteiger partial charge in [-0.1, -0.05) is 53.6 Å². The molecule has 0 unspecified atom stereocenters. The Hall–Kier alpha value is -4.72. The maximum Gasteiger partial charge on any atom is 0.238 e. The zero-order chi connectivity index (χ0) is 29.6. The summed E-state index contributed by atoms with van der Waals surface area (Å²) >= 11 is 0. The highest BCUT2D eigenvalue weighted by molar-refractivity contribution is 7.89. The van der Waals surface area contributed by atoms with Crippen LogP contribution in [0, 0.1) is 27.7 Å². The van der Waals surface area contributed by atoms with Crippen LogP contribution in [0.4, 0.5) is 17.1 Å². The summed E-state index contributed by atoms with van der Waals surface area (Å²) in [7, 11) is -3.99. The lowest BCUT2D eigenvalue weighted by Gasteiger charge is -2.18. The smallest absolute Gasteiger partial charge is 0.238 e. The van der Waals surface area contributed by atoms with Gasteiger partial charge < -0.3 is 9.73 Å². The predicted molar refractivity (Wildman–Crippen MR) is 170 cm³/mol. The predicted octanol–water partition coefficient (Wildman–Crippen LogP) is 8.06. The molecule has 4 aromatic carbocycles. The van der Waals surface area contributed by atoms with E-state index in [4.69, 9.17) is 14.5 Å². The second-order valence-corrected chi connectivity index (χ2v) is 12.3. The second-order valence-electron chi connectivity index (χ2n) is 10.8. The Labute approximate surface area is 245 Å². The minimum Gasteiger partial charge on any atom is -0.456 e. The highest BCUT2D eigenvalue weighted by atomic mass is 32.2. The van der Waals surface area contributed by atoms with Gasteiger partial charge in [-0.25, -0.2) is 18.5 Å². The lowest BCUT2D eigenvalue weighted by atomic mass is 9.93. The van der Waals surface area contributed by atoms with Crippen molar-refractivity contribution in [2.45, 2.75) is 32.6 Å². The first-order chi connectivity index (χ1) is 20.1. The van der Waals surface area contributed by atoms with Crippen molar-refractivity contribution in [3.05, 3.63) is 125 Å². The quantitative estimate of drug-likeness (QED) is 0.204. The Morgan fingerprint density at radius 1 is 0.738 bits per heavy atom. The minimum atomic E-state index is -3.99. The molecule has 1 aliphatic heterocycles. The molecule has 0 fully saturated rings. The third-order valence-corrected chi connectivity index (χ3v) is 8.40. The first-order valence-electron chi connectivity index (χ1n) is 13.7. The fraction of sp³-hybridized carbons (Fsp3) is 0.114. The van der Waals surface area contributed by atoms with E-state index in [0.29, 0.717) is 16.9 Å². The van der Waals surface area contributed by atoms with Crippen LogP contribution >= 0.6 is 0 Å². The highest BCUT2D eigenvalue weighted by Gasteiger charge is 2.23. The van der Waals surface area contributed by atoms with E-state index in [9.17, 15) is 8.42 Å². The van der Waals surface area contributed by atoms with Gasteiger partial charge in [-0.05, 0) is 81.3 Å². The third-order valence-electron chi connectivity index (χ3n) is 7.43. The normalized spacial score (nSPS) is 12.3. The fourth-order valence-electron chi connectivity index (χ4n) is 5.42. The molecule has 6 rings (SSSR count). The summed E-state index contributed by atoms with van der Waals surface area (Å²) in [6.07, 6.45) is 0. The van der Waals surface area contributed by atoms with Crippen LogP contribution in [0.3, 0.4) is 0 Å². The van der Waals surface area contributed by atoms with Crippen molar-refractivity contribution in [3.63, 3.8) is 0 Å². The molecule has 6 nitrogen and oxygen atoms in total. The molecule has 0 bridgehead atoms. The maximum absolute atomic E-state index is 12.7. The van der Waals surface area contributed by atoms with Crippen molar-refractivity contribution < 1.29 is 12.8 Å². The van der Waals surface area contributed by atoms with E-state index in [1.54, 1.807) is 12.1 Å². The molecular weight excluding hydrogens is 542 g/mol. The topological polar surface area (TPSA) is 97.7 Å². The summed E-state index contributed by atoms with van der Waals surface area (Å²) in [5, 5.41) is 10.7. The third kappa shape index (κ3) is 5.32. The van der Waals surface area contributed by atoms with Gasteiger partial charge in [0.2, 0.25) is 10.0 Å². The molecule has 0 aromatic heterocycles. The first-order valence-corrected chi connectivity index (χ1v) is 15.2. The molecule has 0 atom stereocenters. The van der Waals surface area contributed by atoms with Gasteiger partial charge in [0, 0.05) is 45.6 Å². The van der Waals surface area contributed by atoms with Crippen LogP contribution in [0.25, 0.3) is 33.4 Å². The van der Waals surface area contributed by atoms with E-state index in [1.165, 1.54) is 17.2 Å². The number of rotatable bonds is 5. The van der Waals surface area contributed by atoms with Gasteiger partial charge >= 0.3 is 0 Å². The number of nitrogens with two attached hydrogens (primary N) is 1. The molecule has 1 heterocycles. The SMILES string of the molecule is Cc1ccc(/N=c2\ccc3c(-c4ccccc4S(N)(=O)=O)c4ccc(Nc5ccc(C)cc5C)cc4oc-3c2)c(C)c1. The van der Waals surface area contributed by atoms with E-state index in [1.807, 2.05) is 61.5 Å². The molecule has 210 valence electrons. The number of nitrogens with one attached hydrogen (secondary N) is 1. The Morgan fingerprint density at radius 2 is 1.48 bits per heavy atom. The van der Waals surface area contributed by atoms with Gasteiger partial charge in [-0.15, -0.1) is 0 Å². The van der Waals surface area contributed by atoms with Crippen molar-refractivity contribution in [1.82, 2.24) is 0 Å². The summed E-state index contributed by atoms with van der Waals surface area (Å²) in [5.74, 6) is 0.580. The van der Waals surface area contributed by atoms with Gasteiger partial charge in [0.25, 0.3) is 0 Å². The van der Waals surface area contributed by atoms with Gasteiger partial charge in [0.05, 0.1) is 15.9 Å². The number of fused-ring (bicyclic) bond motifs is 2. The standard InChI is InChI=1S/C35H31N3O3S/c1-21-9-15-30(23(3)17-21)37-25-11-13-27-32(19-25)41-33-20-26(38-31-16-10-22(2)18-24(31)4)12-14-28(33)35(27)29-7-5-6-8-34(29)42(36,39)40/h5-20,37H,1-4H3,(H2,36,39,40)/b38-26+. The van der Waals surface area contributed by atoms with Crippen LogP contribution < -0.4 is 15.8 Å². The van der Waals surface area contributed by atoms with Gasteiger partial charge in [0.1, 0.15) is 11.3 Å². The number of nitrogens with zero attached hydrogens (tertiary/aromatic N) is 1. The number of benzene rings is 5. The number of anilines is 2. The molecule has 0 radical (unpaired) electrons. The Kier molecular flexibility index (Phi) is 6.93. The number of sulfonamides is 1. The molecule has 7 heteroatoms. The molecule has 42 heavy (non-hydrogen) atoms. The van der Waals surface area contributed by atoms with Crippen LogP contribution in [-0.2, 0) is 10.0 Å². The summed E-state index contributed by atoms with van der Waals surface area (Å²) in [6, 6.07) is 30.8. The number of aryl methyl sites for hydroxylation is 4. The highest BCUT2D eigenvalue weighted by Crippen LogP contribution is 2.42. The first kappa shape index (κ1) is 27.4. The molecule has 0 saturated carbocycles. The summed E-state index contributed by atoms with van der Waals surface area (Å²) in [6.45, 7) is 8.23. The molecular formula is C35H31N3O3S. The zero-order valence-electron chi connectivity index (χ0n) is 23.9. The van der Waals surface area contributed by atoms with Crippen molar-refractivity contribution in [1.29, 1.82) is 0 Å². The van der Waals surface area contributed by atoms with E-state index in [2.05, 4.69) is 50.4 Å². The Bertz CT molecular complexity index is 2150. The lowest BCUT2D eigenvalue weighted by molar-refractivity contribution is 0.598. The fourth-order valence-corrected chi connectivity index (χ4v) is 6.16. The van der Waals surface area contributed by atoms with Crippen molar-refractivity contribution in [2.24, 2.45) is 10.1 Å². The van der Waals surface area contributed by atoms with Crippen LogP contribution in [0.15, 0.2) is 111 Å². The lowest BCUT2D eigenvalue weighted by Crippen LogP contribution is -2.13. The number of primary sulfonamides is 1. The van der Waals surface area contributed by atoms with E-state index in [-0.39, 0.29) is 4.90 Å². The average molecular weight is 574 g/mol. The minimum absolute atomic E-state index is 0.0559. The van der Waals surface area contributed by atoms with Gasteiger partial charge in [-0.3, -0.25) is 0 Å². The maximum atomic E-state index is 12.7. The summed E-state index contributed by atoms with van der Waals surface area (Å²) in [5.41, 5.74) is 9.89. The Morgan fingerprint density at radius 3 is 2.21 bits per heavy atom. The molecule has 0 amide bonds. The largest absolute Gasteiger partial charge is 0.456 e. The van der Waals surface area contributed by atoms with Gasteiger partial charge in [0.15, 0.2) is 0 Å². The zero-order valence-corrected chi connectivity index (χ0v) is 24.7. The molecule has 1 aliphatic carbocycles.